The monoisotopic (exact) mass is 333 g/mol. The Kier molecular flexibility index (Phi) is 7.47. The van der Waals surface area contributed by atoms with Crippen molar-refractivity contribution in [2.45, 2.75) is 52.9 Å². The molecule has 0 aliphatic rings. The van der Waals surface area contributed by atoms with Gasteiger partial charge >= 0.3 is 0 Å². The second kappa shape index (κ2) is 8.85. The van der Waals surface area contributed by atoms with Gasteiger partial charge in [-0.15, -0.1) is 12.4 Å². The molecule has 0 amide bonds. The van der Waals surface area contributed by atoms with Gasteiger partial charge < -0.3 is 5.32 Å². The second-order valence-corrected chi connectivity index (χ2v) is 5.07. The predicted molar refractivity (Wildman–Crippen MR) is 83.3 cm³/mol. The number of nitrogens with zero attached hydrogens (tertiary/aromatic N) is 4. The summed E-state index contributed by atoms with van der Waals surface area (Å²) in [5, 5.41) is 11.6. The first-order chi connectivity index (χ1) is 10.1. The van der Waals surface area contributed by atoms with Gasteiger partial charge in [0.15, 0.2) is 0 Å². The van der Waals surface area contributed by atoms with Crippen molar-refractivity contribution >= 4 is 12.4 Å². The summed E-state index contributed by atoms with van der Waals surface area (Å²) >= 11 is 0. The first-order valence-electron chi connectivity index (χ1n) is 7.11. The third-order valence-corrected chi connectivity index (χ3v) is 3.16. The van der Waals surface area contributed by atoms with Gasteiger partial charge in [-0.1, -0.05) is 6.92 Å². The lowest BCUT2D eigenvalue weighted by atomic mass is 10.2. The van der Waals surface area contributed by atoms with Crippen LogP contribution in [0.2, 0.25) is 0 Å². The zero-order chi connectivity index (χ0) is 15.2. The van der Waals surface area contributed by atoms with Gasteiger partial charge in [0.1, 0.15) is 6.54 Å². The summed E-state index contributed by atoms with van der Waals surface area (Å²) < 4.78 is 27.7. The summed E-state index contributed by atoms with van der Waals surface area (Å²) in [6.45, 7) is 5.97. The topological polar surface area (TPSA) is 47.7 Å². The minimum Gasteiger partial charge on any atom is -0.308 e. The minimum absolute atomic E-state index is 0. The fraction of sp³-hybridized carbons (Fsp3) is 0.571. The molecule has 2 aromatic rings. The molecule has 0 aromatic carbocycles. The first-order valence-corrected chi connectivity index (χ1v) is 7.11. The summed E-state index contributed by atoms with van der Waals surface area (Å²) in [4.78, 5) is 0. The normalized spacial score (nSPS) is 11.0. The molecular weight excluding hydrogens is 312 g/mol. The van der Waals surface area contributed by atoms with E-state index in [2.05, 4.69) is 22.4 Å². The van der Waals surface area contributed by atoms with Crippen LogP contribution in [0, 0.1) is 6.92 Å². The van der Waals surface area contributed by atoms with Crippen molar-refractivity contribution in [2.24, 2.45) is 0 Å². The molecule has 5 nitrogen and oxygen atoms in total. The molecule has 0 fully saturated rings. The van der Waals surface area contributed by atoms with E-state index in [0.29, 0.717) is 13.1 Å². The van der Waals surface area contributed by atoms with E-state index in [1.807, 2.05) is 17.8 Å². The molecule has 124 valence electrons. The number of rotatable bonds is 8. The zero-order valence-electron chi connectivity index (χ0n) is 12.8. The number of hydrogen-bond donors (Lipinski definition) is 1. The van der Waals surface area contributed by atoms with E-state index >= 15 is 0 Å². The molecule has 0 unspecified atom stereocenters. The molecular formula is C14H22ClF2N5. The standard InChI is InChI=1S/C14H21F2N5.ClH/c1-3-4-20-9-13(11(2)19-20)7-17-5-12-6-18-21(8-12)10-14(15)16;/h6,8-9,14,17H,3-5,7,10H2,1-2H3;1H. The molecule has 1 N–H and O–H groups in total. The third-order valence-electron chi connectivity index (χ3n) is 3.16. The van der Waals surface area contributed by atoms with E-state index in [9.17, 15) is 8.78 Å². The van der Waals surface area contributed by atoms with Gasteiger partial charge in [0.2, 0.25) is 0 Å². The van der Waals surface area contributed by atoms with Gasteiger partial charge in [0.05, 0.1) is 11.9 Å². The van der Waals surface area contributed by atoms with E-state index in [-0.39, 0.29) is 19.0 Å². The molecule has 0 aliphatic heterocycles. The summed E-state index contributed by atoms with van der Waals surface area (Å²) in [7, 11) is 0. The summed E-state index contributed by atoms with van der Waals surface area (Å²) in [6, 6.07) is 0. The average molecular weight is 334 g/mol. The summed E-state index contributed by atoms with van der Waals surface area (Å²) in [6.07, 6.45) is 3.98. The lowest BCUT2D eigenvalue weighted by molar-refractivity contribution is 0.122. The molecule has 0 saturated carbocycles. The van der Waals surface area contributed by atoms with Crippen LogP contribution in [0.5, 0.6) is 0 Å². The SMILES string of the molecule is CCCn1cc(CNCc2cnn(CC(F)F)c2)c(C)n1.Cl. The van der Waals surface area contributed by atoms with Crippen LogP contribution in [0.25, 0.3) is 0 Å². The van der Waals surface area contributed by atoms with Gasteiger partial charge in [0.25, 0.3) is 6.43 Å². The Morgan fingerprint density at radius 1 is 1.23 bits per heavy atom. The molecule has 2 heterocycles. The van der Waals surface area contributed by atoms with Crippen molar-refractivity contribution in [2.75, 3.05) is 0 Å². The van der Waals surface area contributed by atoms with Gasteiger partial charge in [-0.2, -0.15) is 10.2 Å². The predicted octanol–water partition coefficient (Wildman–Crippen LogP) is 2.77. The highest BCUT2D eigenvalue weighted by molar-refractivity contribution is 5.85. The van der Waals surface area contributed by atoms with Crippen molar-refractivity contribution in [3.05, 3.63) is 35.4 Å². The quantitative estimate of drug-likeness (QED) is 0.808. The van der Waals surface area contributed by atoms with Crippen LogP contribution in [0.1, 0.15) is 30.2 Å². The van der Waals surface area contributed by atoms with Crippen molar-refractivity contribution < 1.29 is 8.78 Å². The Balaban J connectivity index is 0.00000242. The number of aryl methyl sites for hydroxylation is 2. The highest BCUT2D eigenvalue weighted by Gasteiger charge is 2.07. The van der Waals surface area contributed by atoms with Crippen LogP contribution in [-0.2, 0) is 26.2 Å². The van der Waals surface area contributed by atoms with Crippen LogP contribution >= 0.6 is 12.4 Å². The van der Waals surface area contributed by atoms with E-state index in [1.54, 1.807) is 12.4 Å². The zero-order valence-corrected chi connectivity index (χ0v) is 13.6. The maximum atomic E-state index is 12.2. The van der Waals surface area contributed by atoms with Crippen LogP contribution < -0.4 is 5.32 Å². The molecule has 0 saturated heterocycles. The Labute approximate surface area is 135 Å². The molecule has 2 rings (SSSR count). The Hall–Kier alpha value is -1.47. The van der Waals surface area contributed by atoms with Gasteiger partial charge in [0, 0.05) is 43.2 Å². The van der Waals surface area contributed by atoms with E-state index < -0.39 is 6.43 Å². The highest BCUT2D eigenvalue weighted by atomic mass is 35.5. The number of hydrogen-bond acceptors (Lipinski definition) is 3. The number of aromatic nitrogens is 4. The van der Waals surface area contributed by atoms with Crippen LogP contribution in [0.4, 0.5) is 8.78 Å². The van der Waals surface area contributed by atoms with Crippen molar-refractivity contribution in [1.82, 2.24) is 24.9 Å². The molecule has 8 heteroatoms. The maximum Gasteiger partial charge on any atom is 0.257 e. The van der Waals surface area contributed by atoms with Crippen molar-refractivity contribution in [3.8, 4) is 0 Å². The highest BCUT2D eigenvalue weighted by Crippen LogP contribution is 2.07. The first kappa shape index (κ1) is 18.6. The molecule has 0 bridgehead atoms. The third kappa shape index (κ3) is 5.38. The largest absolute Gasteiger partial charge is 0.308 e. The Morgan fingerprint density at radius 3 is 2.68 bits per heavy atom. The Bertz CT molecular complexity index is 567. The summed E-state index contributed by atoms with van der Waals surface area (Å²) in [5.41, 5.74) is 3.07. The fourth-order valence-corrected chi connectivity index (χ4v) is 2.16. The second-order valence-electron chi connectivity index (χ2n) is 5.07. The van der Waals surface area contributed by atoms with Gasteiger partial charge in [-0.25, -0.2) is 8.78 Å². The molecule has 0 radical (unpaired) electrons. The van der Waals surface area contributed by atoms with Crippen LogP contribution in [0.15, 0.2) is 18.6 Å². The Morgan fingerprint density at radius 2 is 2.00 bits per heavy atom. The minimum atomic E-state index is -2.38. The van der Waals surface area contributed by atoms with Gasteiger partial charge in [-0.05, 0) is 13.3 Å². The fourth-order valence-electron chi connectivity index (χ4n) is 2.16. The van der Waals surface area contributed by atoms with Crippen molar-refractivity contribution in [1.29, 1.82) is 0 Å². The molecule has 0 spiro atoms. The number of halogens is 3. The molecule has 2 aromatic heterocycles. The maximum absolute atomic E-state index is 12.2. The van der Waals surface area contributed by atoms with E-state index in [4.69, 9.17) is 0 Å². The molecule has 0 atom stereocenters. The molecule has 22 heavy (non-hydrogen) atoms. The number of alkyl halides is 2. The average Bonchev–Trinajstić information content (AvgIpc) is 2.97. The number of nitrogens with one attached hydrogen (secondary N) is 1. The lowest BCUT2D eigenvalue weighted by Gasteiger charge is -2.02. The molecule has 0 aliphatic carbocycles. The van der Waals surface area contributed by atoms with Crippen LogP contribution in [0.3, 0.4) is 0 Å². The summed E-state index contributed by atoms with van der Waals surface area (Å²) in [5.74, 6) is 0. The van der Waals surface area contributed by atoms with E-state index in [1.165, 1.54) is 4.68 Å². The smallest absolute Gasteiger partial charge is 0.257 e. The van der Waals surface area contributed by atoms with E-state index in [0.717, 1.165) is 29.8 Å². The lowest BCUT2D eigenvalue weighted by Crippen LogP contribution is -2.12. The van der Waals surface area contributed by atoms with Gasteiger partial charge in [-0.3, -0.25) is 9.36 Å². The van der Waals surface area contributed by atoms with Crippen LogP contribution in [-0.4, -0.2) is 26.0 Å². The van der Waals surface area contributed by atoms with Crippen molar-refractivity contribution in [3.63, 3.8) is 0 Å².